The van der Waals surface area contributed by atoms with Crippen LogP contribution in [0.25, 0.3) is 0 Å². The quantitative estimate of drug-likeness (QED) is 0.883. The molecule has 0 spiro atoms. The average Bonchev–Trinajstić information content (AvgIpc) is 2.53. The fourth-order valence-corrected chi connectivity index (χ4v) is 2.32. The number of carbonyl (C=O) groups excluding carboxylic acids is 2. The molecule has 2 heterocycles. The largest absolute Gasteiger partial charge is 0.444 e. The summed E-state index contributed by atoms with van der Waals surface area (Å²) in [6.45, 7) is 6.21. The van der Waals surface area contributed by atoms with Crippen molar-refractivity contribution in [3.05, 3.63) is 23.9 Å². The maximum absolute atomic E-state index is 12.3. The number of ether oxygens (including phenoxy) is 2. The Balaban J connectivity index is 1.94. The molecule has 7 nitrogen and oxygen atoms in total. The van der Waals surface area contributed by atoms with Gasteiger partial charge < -0.3 is 20.1 Å². The van der Waals surface area contributed by atoms with Gasteiger partial charge in [0, 0.05) is 24.9 Å². The van der Waals surface area contributed by atoms with Crippen LogP contribution in [0.5, 0.6) is 0 Å². The van der Waals surface area contributed by atoms with Crippen LogP contribution < -0.4 is 10.6 Å². The molecule has 1 aliphatic rings. The number of carbonyl (C=O) groups is 2. The van der Waals surface area contributed by atoms with E-state index in [1.54, 1.807) is 39.1 Å². The van der Waals surface area contributed by atoms with Gasteiger partial charge in [-0.25, -0.2) is 9.78 Å². The molecule has 2 amide bonds. The molecule has 0 saturated carbocycles. The highest BCUT2D eigenvalue weighted by molar-refractivity contribution is 5.94. The normalized spacial score (nSPS) is 17.9. The number of nitrogens with one attached hydrogen (secondary N) is 2. The summed E-state index contributed by atoms with van der Waals surface area (Å²) in [5.41, 5.74) is 0.140. The van der Waals surface area contributed by atoms with Gasteiger partial charge in [0.2, 0.25) is 0 Å². The Kier molecular flexibility index (Phi) is 6.14. The van der Waals surface area contributed by atoms with Crippen LogP contribution in [-0.4, -0.2) is 35.3 Å². The Hall–Kier alpha value is -2.15. The molecule has 1 fully saturated rings. The lowest BCUT2D eigenvalue weighted by Crippen LogP contribution is -2.34. The van der Waals surface area contributed by atoms with Crippen LogP contribution >= 0.6 is 0 Å². The zero-order valence-corrected chi connectivity index (χ0v) is 14.4. The number of hydrogen-bond acceptors (Lipinski definition) is 5. The Morgan fingerprint density at radius 3 is 2.83 bits per heavy atom. The number of aromatic nitrogens is 1. The van der Waals surface area contributed by atoms with Crippen molar-refractivity contribution in [2.24, 2.45) is 0 Å². The number of anilines is 1. The molecule has 132 valence electrons. The average molecular weight is 335 g/mol. The van der Waals surface area contributed by atoms with Crippen LogP contribution in [0.1, 0.15) is 45.6 Å². The molecule has 24 heavy (non-hydrogen) atoms. The van der Waals surface area contributed by atoms with Crippen molar-refractivity contribution in [3.8, 4) is 0 Å². The van der Waals surface area contributed by atoms with E-state index in [4.69, 9.17) is 9.47 Å². The summed E-state index contributed by atoms with van der Waals surface area (Å²) in [7, 11) is 0. The Labute approximate surface area is 142 Å². The highest BCUT2D eigenvalue weighted by atomic mass is 16.6. The van der Waals surface area contributed by atoms with Crippen molar-refractivity contribution in [2.75, 3.05) is 11.9 Å². The van der Waals surface area contributed by atoms with Gasteiger partial charge in [0.05, 0.1) is 0 Å². The van der Waals surface area contributed by atoms with Crippen LogP contribution in [-0.2, 0) is 20.8 Å². The molecular weight excluding hydrogens is 310 g/mol. The van der Waals surface area contributed by atoms with E-state index in [2.05, 4.69) is 15.6 Å². The van der Waals surface area contributed by atoms with Gasteiger partial charge in [-0.05, 0) is 46.1 Å². The summed E-state index contributed by atoms with van der Waals surface area (Å²) >= 11 is 0. The Morgan fingerprint density at radius 2 is 2.17 bits per heavy atom. The predicted molar refractivity (Wildman–Crippen MR) is 89.5 cm³/mol. The Bertz CT molecular complexity index is 577. The minimum Gasteiger partial charge on any atom is -0.444 e. The predicted octanol–water partition coefficient (Wildman–Crippen LogP) is 2.61. The van der Waals surface area contributed by atoms with Crippen LogP contribution in [0.4, 0.5) is 10.6 Å². The van der Waals surface area contributed by atoms with E-state index in [1.165, 1.54) is 0 Å². The first-order chi connectivity index (χ1) is 11.3. The maximum Gasteiger partial charge on any atom is 0.407 e. The van der Waals surface area contributed by atoms with E-state index in [0.717, 1.165) is 12.8 Å². The molecule has 1 aromatic heterocycles. The lowest BCUT2D eigenvalue weighted by atomic mass is 10.1. The van der Waals surface area contributed by atoms with Gasteiger partial charge in [0.15, 0.2) is 0 Å². The summed E-state index contributed by atoms with van der Waals surface area (Å²) < 4.78 is 10.7. The van der Waals surface area contributed by atoms with Crippen LogP contribution in [0, 0.1) is 0 Å². The molecule has 0 aromatic carbocycles. The van der Waals surface area contributed by atoms with Crippen molar-refractivity contribution in [1.82, 2.24) is 10.3 Å². The number of pyridine rings is 1. The molecule has 0 aliphatic carbocycles. The van der Waals surface area contributed by atoms with Crippen LogP contribution in [0.15, 0.2) is 18.3 Å². The fraction of sp³-hybridized carbons (Fsp3) is 0.588. The lowest BCUT2D eigenvalue weighted by molar-refractivity contribution is -0.130. The third-order valence-electron chi connectivity index (χ3n) is 3.43. The summed E-state index contributed by atoms with van der Waals surface area (Å²) in [6, 6.07) is 3.54. The molecule has 1 unspecified atom stereocenters. The number of nitrogens with zero attached hydrogens (tertiary/aromatic N) is 1. The second-order valence-electron chi connectivity index (χ2n) is 6.71. The molecule has 1 saturated heterocycles. The van der Waals surface area contributed by atoms with Gasteiger partial charge in [-0.15, -0.1) is 0 Å². The SMILES string of the molecule is CC(C)(C)OC(=O)NCc1cccnc1NC(=O)C1CCCCO1. The maximum atomic E-state index is 12.3. The van der Waals surface area contributed by atoms with Gasteiger partial charge in [-0.1, -0.05) is 6.07 Å². The minimum absolute atomic E-state index is 0.202. The first-order valence-corrected chi connectivity index (χ1v) is 8.18. The van der Waals surface area contributed by atoms with Crippen molar-refractivity contribution in [2.45, 2.75) is 58.3 Å². The van der Waals surface area contributed by atoms with E-state index in [-0.39, 0.29) is 12.5 Å². The highest BCUT2D eigenvalue weighted by Crippen LogP contribution is 2.17. The molecule has 0 bridgehead atoms. The third kappa shape index (κ3) is 5.81. The summed E-state index contributed by atoms with van der Waals surface area (Å²) in [6.07, 6.45) is 3.32. The van der Waals surface area contributed by atoms with E-state index in [1.807, 2.05) is 0 Å². The minimum atomic E-state index is -0.561. The second kappa shape index (κ2) is 8.10. The second-order valence-corrected chi connectivity index (χ2v) is 6.71. The van der Waals surface area contributed by atoms with Crippen molar-refractivity contribution < 1.29 is 19.1 Å². The fourth-order valence-electron chi connectivity index (χ4n) is 2.32. The zero-order valence-electron chi connectivity index (χ0n) is 14.4. The van der Waals surface area contributed by atoms with E-state index >= 15 is 0 Å². The van der Waals surface area contributed by atoms with E-state index < -0.39 is 17.8 Å². The number of hydrogen-bond donors (Lipinski definition) is 2. The molecule has 2 N–H and O–H groups in total. The monoisotopic (exact) mass is 335 g/mol. The third-order valence-corrected chi connectivity index (χ3v) is 3.43. The number of alkyl carbamates (subject to hydrolysis) is 1. The molecule has 1 atom stereocenters. The van der Waals surface area contributed by atoms with Crippen molar-refractivity contribution >= 4 is 17.8 Å². The smallest absolute Gasteiger partial charge is 0.407 e. The van der Waals surface area contributed by atoms with Gasteiger partial charge >= 0.3 is 6.09 Å². The van der Waals surface area contributed by atoms with Gasteiger partial charge in [0.25, 0.3) is 5.91 Å². The number of rotatable bonds is 4. The summed E-state index contributed by atoms with van der Waals surface area (Å²) in [4.78, 5) is 28.2. The van der Waals surface area contributed by atoms with Crippen molar-refractivity contribution in [3.63, 3.8) is 0 Å². The topological polar surface area (TPSA) is 89.5 Å². The van der Waals surface area contributed by atoms with Gasteiger partial charge in [0.1, 0.15) is 17.5 Å². The van der Waals surface area contributed by atoms with Crippen LogP contribution in [0.3, 0.4) is 0 Å². The van der Waals surface area contributed by atoms with Gasteiger partial charge in [-0.2, -0.15) is 0 Å². The molecule has 2 rings (SSSR count). The zero-order chi connectivity index (χ0) is 17.6. The molecule has 1 aliphatic heterocycles. The van der Waals surface area contributed by atoms with E-state index in [0.29, 0.717) is 24.4 Å². The molecule has 7 heteroatoms. The highest BCUT2D eigenvalue weighted by Gasteiger charge is 2.23. The van der Waals surface area contributed by atoms with E-state index in [9.17, 15) is 9.59 Å². The Morgan fingerprint density at radius 1 is 1.38 bits per heavy atom. The van der Waals surface area contributed by atoms with Crippen LogP contribution in [0.2, 0.25) is 0 Å². The molecule has 0 radical (unpaired) electrons. The summed E-state index contributed by atoms with van der Waals surface area (Å²) in [5.74, 6) is 0.222. The lowest BCUT2D eigenvalue weighted by Gasteiger charge is -2.22. The molecular formula is C17H25N3O4. The van der Waals surface area contributed by atoms with Crippen molar-refractivity contribution in [1.29, 1.82) is 0 Å². The summed E-state index contributed by atoms with van der Waals surface area (Å²) in [5, 5.41) is 5.45. The standard InChI is InChI=1S/C17H25N3O4/c1-17(2,3)24-16(22)19-11-12-7-6-9-18-14(12)20-15(21)13-8-4-5-10-23-13/h6-7,9,13H,4-5,8,10-11H2,1-3H3,(H,19,22)(H,18,20,21). The number of amides is 2. The first-order valence-electron chi connectivity index (χ1n) is 8.18. The van der Waals surface area contributed by atoms with Gasteiger partial charge in [-0.3, -0.25) is 4.79 Å². The first kappa shape index (κ1) is 18.2. The molecule has 1 aromatic rings.